The highest BCUT2D eigenvalue weighted by atomic mass is 16.5. The molecule has 7 heteroatoms. The fourth-order valence-electron chi connectivity index (χ4n) is 4.69. The average molecular weight is 437 g/mol. The lowest BCUT2D eigenvalue weighted by Gasteiger charge is -2.22. The number of fused-ring (bicyclic) bond motifs is 3. The molecule has 0 radical (unpaired) electrons. The van der Waals surface area contributed by atoms with Gasteiger partial charge in [0, 0.05) is 18.4 Å². The van der Waals surface area contributed by atoms with Crippen LogP contribution in [0.25, 0.3) is 11.1 Å². The topological polar surface area (TPSA) is 105 Å². The lowest BCUT2D eigenvalue weighted by molar-refractivity contribution is -0.139. The van der Waals surface area contributed by atoms with Crippen LogP contribution in [0.4, 0.5) is 4.79 Å². The number of rotatable bonds is 7. The maximum Gasteiger partial charge on any atom is 0.407 e. The SMILES string of the molecule is O=C(N[C@@H](CNC(=O)C1CCCCC1)C(=O)O)OCC1c2ccccc2-c2ccccc21. The number of carboxylic acid groups (broad SMARTS) is 1. The highest BCUT2D eigenvalue weighted by molar-refractivity contribution is 5.83. The largest absolute Gasteiger partial charge is 0.480 e. The van der Waals surface area contributed by atoms with Crippen molar-refractivity contribution in [3.63, 3.8) is 0 Å². The molecule has 1 saturated carbocycles. The standard InChI is InChI=1S/C25H28N2O5/c28-23(16-8-2-1-3-9-16)26-14-22(24(29)30)27-25(31)32-15-21-19-12-6-4-10-17(19)18-11-5-7-13-20(18)21/h4-7,10-13,16,21-22H,1-3,8-9,14-15H2,(H,26,28)(H,27,31)(H,29,30)/t22-/m0/s1. The zero-order valence-electron chi connectivity index (χ0n) is 17.9. The monoisotopic (exact) mass is 436 g/mol. The summed E-state index contributed by atoms with van der Waals surface area (Å²) >= 11 is 0. The highest BCUT2D eigenvalue weighted by Crippen LogP contribution is 2.44. The van der Waals surface area contributed by atoms with Crippen molar-refractivity contribution in [2.24, 2.45) is 5.92 Å². The van der Waals surface area contributed by atoms with E-state index in [0.29, 0.717) is 0 Å². The Hall–Kier alpha value is -3.35. The number of hydrogen-bond donors (Lipinski definition) is 3. The van der Waals surface area contributed by atoms with Crippen molar-refractivity contribution >= 4 is 18.0 Å². The molecule has 168 valence electrons. The summed E-state index contributed by atoms with van der Waals surface area (Å²) in [5.41, 5.74) is 4.39. The van der Waals surface area contributed by atoms with Gasteiger partial charge in [-0.05, 0) is 35.1 Å². The minimum atomic E-state index is -1.25. The summed E-state index contributed by atoms with van der Waals surface area (Å²) in [6, 6.07) is 14.7. The van der Waals surface area contributed by atoms with Crippen LogP contribution >= 0.6 is 0 Å². The van der Waals surface area contributed by atoms with Gasteiger partial charge < -0.3 is 20.5 Å². The predicted octanol–water partition coefficient (Wildman–Crippen LogP) is 3.67. The molecule has 1 fully saturated rings. The van der Waals surface area contributed by atoms with E-state index in [0.717, 1.165) is 54.4 Å². The minimum absolute atomic E-state index is 0.0763. The molecule has 2 amide bonds. The van der Waals surface area contributed by atoms with Gasteiger partial charge in [0.15, 0.2) is 0 Å². The summed E-state index contributed by atoms with van der Waals surface area (Å²) in [4.78, 5) is 36.3. The second kappa shape index (κ2) is 9.85. The van der Waals surface area contributed by atoms with Gasteiger partial charge in [-0.1, -0.05) is 67.8 Å². The molecule has 7 nitrogen and oxygen atoms in total. The second-order valence-corrected chi connectivity index (χ2v) is 8.44. The molecule has 2 aliphatic rings. The first-order valence-electron chi connectivity index (χ1n) is 11.2. The smallest absolute Gasteiger partial charge is 0.407 e. The Labute approximate surface area is 187 Å². The molecule has 2 aliphatic carbocycles. The Morgan fingerprint density at radius 1 is 0.938 bits per heavy atom. The molecule has 0 aliphatic heterocycles. The Balaban J connectivity index is 1.33. The number of benzene rings is 2. The minimum Gasteiger partial charge on any atom is -0.480 e. The van der Waals surface area contributed by atoms with E-state index in [9.17, 15) is 19.5 Å². The molecule has 3 N–H and O–H groups in total. The number of carboxylic acids is 1. The molecule has 0 spiro atoms. The van der Waals surface area contributed by atoms with Crippen molar-refractivity contribution in [3.05, 3.63) is 59.7 Å². The third-order valence-corrected chi connectivity index (χ3v) is 6.39. The van der Waals surface area contributed by atoms with Gasteiger partial charge in [0.2, 0.25) is 5.91 Å². The molecule has 1 atom stereocenters. The van der Waals surface area contributed by atoms with Crippen molar-refractivity contribution in [1.29, 1.82) is 0 Å². The molecule has 0 aromatic heterocycles. The first kappa shape index (κ1) is 21.9. The molecule has 0 unspecified atom stereocenters. The number of hydrogen-bond acceptors (Lipinski definition) is 4. The Bertz CT molecular complexity index is 954. The van der Waals surface area contributed by atoms with E-state index in [1.165, 1.54) is 0 Å². The van der Waals surface area contributed by atoms with Gasteiger partial charge >= 0.3 is 12.1 Å². The van der Waals surface area contributed by atoms with Gasteiger partial charge in [-0.25, -0.2) is 9.59 Å². The quantitative estimate of drug-likeness (QED) is 0.614. The zero-order chi connectivity index (χ0) is 22.5. The van der Waals surface area contributed by atoms with Crippen LogP contribution in [0, 0.1) is 5.92 Å². The summed E-state index contributed by atoms with van der Waals surface area (Å²) < 4.78 is 5.42. The van der Waals surface area contributed by atoms with Gasteiger partial charge in [-0.15, -0.1) is 0 Å². The van der Waals surface area contributed by atoms with Crippen molar-refractivity contribution in [2.45, 2.75) is 44.1 Å². The summed E-state index contributed by atoms with van der Waals surface area (Å²) in [5, 5.41) is 14.5. The molecular weight excluding hydrogens is 408 g/mol. The number of nitrogens with one attached hydrogen (secondary N) is 2. The lowest BCUT2D eigenvalue weighted by Crippen LogP contribution is -2.49. The molecular formula is C25H28N2O5. The van der Waals surface area contributed by atoms with E-state index in [2.05, 4.69) is 10.6 Å². The van der Waals surface area contributed by atoms with E-state index < -0.39 is 18.1 Å². The molecule has 0 heterocycles. The molecule has 2 aromatic carbocycles. The zero-order valence-corrected chi connectivity index (χ0v) is 17.9. The average Bonchev–Trinajstić information content (AvgIpc) is 3.14. The molecule has 0 bridgehead atoms. The number of alkyl carbamates (subject to hydrolysis) is 1. The van der Waals surface area contributed by atoms with Crippen LogP contribution in [-0.4, -0.2) is 42.3 Å². The maximum atomic E-state index is 12.4. The van der Waals surface area contributed by atoms with Crippen LogP contribution in [0.2, 0.25) is 0 Å². The van der Waals surface area contributed by atoms with Crippen molar-refractivity contribution < 1.29 is 24.2 Å². The number of carbonyl (C=O) groups excluding carboxylic acids is 2. The molecule has 4 rings (SSSR count). The van der Waals surface area contributed by atoms with Crippen molar-refractivity contribution in [2.75, 3.05) is 13.2 Å². The molecule has 32 heavy (non-hydrogen) atoms. The van der Waals surface area contributed by atoms with Gasteiger partial charge in [0.25, 0.3) is 0 Å². The van der Waals surface area contributed by atoms with Crippen molar-refractivity contribution in [1.82, 2.24) is 10.6 Å². The predicted molar refractivity (Wildman–Crippen MR) is 119 cm³/mol. The number of carbonyl (C=O) groups is 3. The molecule has 0 saturated heterocycles. The van der Waals surface area contributed by atoms with E-state index >= 15 is 0 Å². The third-order valence-electron chi connectivity index (χ3n) is 6.39. The van der Waals surface area contributed by atoms with E-state index in [1.54, 1.807) is 0 Å². The lowest BCUT2D eigenvalue weighted by atomic mass is 9.88. The van der Waals surface area contributed by atoms with Crippen molar-refractivity contribution in [3.8, 4) is 11.1 Å². The van der Waals surface area contributed by atoms with Gasteiger partial charge in [0.05, 0.1) is 0 Å². The van der Waals surface area contributed by atoms with Crippen LogP contribution < -0.4 is 10.6 Å². The number of ether oxygens (including phenoxy) is 1. The first-order valence-corrected chi connectivity index (χ1v) is 11.2. The third kappa shape index (κ3) is 4.77. The maximum absolute atomic E-state index is 12.4. The van der Waals surface area contributed by atoms with E-state index in [4.69, 9.17) is 4.74 Å². The van der Waals surface area contributed by atoms with Crippen LogP contribution in [0.5, 0.6) is 0 Å². The summed E-state index contributed by atoms with van der Waals surface area (Å²) in [6.45, 7) is -0.0739. The van der Waals surface area contributed by atoms with Crippen LogP contribution in [-0.2, 0) is 14.3 Å². The fraction of sp³-hybridized carbons (Fsp3) is 0.400. The van der Waals surface area contributed by atoms with Gasteiger partial charge in [-0.3, -0.25) is 4.79 Å². The van der Waals surface area contributed by atoms with E-state index in [-0.39, 0.29) is 30.9 Å². The molecule has 2 aromatic rings. The van der Waals surface area contributed by atoms with E-state index in [1.807, 2.05) is 48.5 Å². The Kier molecular flexibility index (Phi) is 6.73. The van der Waals surface area contributed by atoms with Crippen LogP contribution in [0.3, 0.4) is 0 Å². The number of aliphatic carboxylic acids is 1. The fourth-order valence-corrected chi connectivity index (χ4v) is 4.69. The van der Waals surface area contributed by atoms with Crippen LogP contribution in [0.15, 0.2) is 48.5 Å². The normalized spacial score (nSPS) is 16.5. The first-order chi connectivity index (χ1) is 15.5. The second-order valence-electron chi connectivity index (χ2n) is 8.44. The summed E-state index contributed by atoms with van der Waals surface area (Å²) in [5.74, 6) is -1.55. The Morgan fingerprint density at radius 3 is 2.12 bits per heavy atom. The summed E-state index contributed by atoms with van der Waals surface area (Å²) in [7, 11) is 0. The number of amides is 2. The van der Waals surface area contributed by atoms with Crippen LogP contribution in [0.1, 0.15) is 49.1 Å². The highest BCUT2D eigenvalue weighted by Gasteiger charge is 2.30. The van der Waals surface area contributed by atoms with Gasteiger partial charge in [0.1, 0.15) is 12.6 Å². The Morgan fingerprint density at radius 2 is 1.53 bits per heavy atom. The van der Waals surface area contributed by atoms with Gasteiger partial charge in [-0.2, -0.15) is 0 Å². The summed E-state index contributed by atoms with van der Waals surface area (Å²) in [6.07, 6.45) is 3.99.